The Bertz CT molecular complexity index is 1420. The van der Waals surface area contributed by atoms with E-state index in [0.717, 1.165) is 33.3 Å². The molecule has 0 unspecified atom stereocenters. The number of H-pyrrole nitrogens is 1. The van der Waals surface area contributed by atoms with Crippen LogP contribution in [0.3, 0.4) is 0 Å². The van der Waals surface area contributed by atoms with Crippen LogP contribution in [-0.4, -0.2) is 37.8 Å². The zero-order chi connectivity index (χ0) is 22.8. The largest absolute Gasteiger partial charge is 0.336 e. The first-order valence-corrected chi connectivity index (χ1v) is 11.0. The van der Waals surface area contributed by atoms with E-state index in [4.69, 9.17) is 16.7 Å². The Hall–Kier alpha value is -3.90. The molecule has 0 saturated heterocycles. The number of nitrogens with zero attached hydrogens (tertiary/aromatic N) is 4. The van der Waals surface area contributed by atoms with Crippen molar-refractivity contribution in [1.29, 1.82) is 0 Å². The van der Waals surface area contributed by atoms with Gasteiger partial charge in [-0.15, -0.1) is 0 Å². The van der Waals surface area contributed by atoms with Crippen molar-refractivity contribution in [3.05, 3.63) is 107 Å². The standard InChI is InChI=1S/C26H22ClN5O/c1-31(26(33)25-21-12-6-8-14-23(21)28-29-25)15-20-17-32(16-19-11-5-7-13-22(19)27)30-24(20)18-9-3-2-4-10-18/h2-14,17H,15-16H2,1H3,(H,28,29). The molecule has 0 fully saturated rings. The van der Waals surface area contributed by atoms with Gasteiger partial charge in [0.15, 0.2) is 5.69 Å². The molecule has 1 amide bonds. The van der Waals surface area contributed by atoms with E-state index in [0.29, 0.717) is 23.8 Å². The molecule has 164 valence electrons. The summed E-state index contributed by atoms with van der Waals surface area (Å²) < 4.78 is 1.88. The summed E-state index contributed by atoms with van der Waals surface area (Å²) in [5, 5.41) is 13.5. The molecule has 0 saturated carbocycles. The lowest BCUT2D eigenvalue weighted by Gasteiger charge is -2.16. The van der Waals surface area contributed by atoms with Crippen LogP contribution in [-0.2, 0) is 13.1 Å². The molecule has 7 heteroatoms. The summed E-state index contributed by atoms with van der Waals surface area (Å²) in [5.74, 6) is -0.148. The van der Waals surface area contributed by atoms with Gasteiger partial charge in [0, 0.05) is 41.3 Å². The summed E-state index contributed by atoms with van der Waals surface area (Å²) >= 11 is 6.36. The number of aromatic nitrogens is 4. The van der Waals surface area contributed by atoms with Gasteiger partial charge in [-0.25, -0.2) is 0 Å². The fraction of sp³-hybridized carbons (Fsp3) is 0.115. The van der Waals surface area contributed by atoms with Crippen LogP contribution in [0.1, 0.15) is 21.6 Å². The average Bonchev–Trinajstić information content (AvgIpc) is 3.45. The molecule has 33 heavy (non-hydrogen) atoms. The molecule has 6 nitrogen and oxygen atoms in total. The van der Waals surface area contributed by atoms with Crippen molar-refractivity contribution in [2.45, 2.75) is 13.1 Å². The van der Waals surface area contributed by atoms with Gasteiger partial charge in [0.25, 0.3) is 5.91 Å². The molecule has 3 aromatic carbocycles. The van der Waals surface area contributed by atoms with Crippen LogP contribution in [0, 0.1) is 0 Å². The van der Waals surface area contributed by atoms with Gasteiger partial charge in [0.05, 0.1) is 17.8 Å². The third kappa shape index (κ3) is 4.25. The number of para-hydroxylation sites is 1. The van der Waals surface area contributed by atoms with Crippen molar-refractivity contribution in [3.63, 3.8) is 0 Å². The topological polar surface area (TPSA) is 66.8 Å². The molecule has 0 atom stereocenters. The Morgan fingerprint density at radius 1 is 0.970 bits per heavy atom. The second-order valence-corrected chi connectivity index (χ2v) is 8.34. The Labute approximate surface area is 196 Å². The monoisotopic (exact) mass is 455 g/mol. The number of nitrogens with one attached hydrogen (secondary N) is 1. The summed E-state index contributed by atoms with van der Waals surface area (Å²) in [6.45, 7) is 0.938. The normalized spacial score (nSPS) is 11.1. The number of halogens is 1. The first-order chi connectivity index (χ1) is 16.1. The Morgan fingerprint density at radius 3 is 2.52 bits per heavy atom. The highest BCUT2D eigenvalue weighted by Gasteiger charge is 2.21. The lowest BCUT2D eigenvalue weighted by atomic mass is 10.1. The number of hydrogen-bond donors (Lipinski definition) is 1. The second-order valence-electron chi connectivity index (χ2n) is 7.94. The molecule has 0 bridgehead atoms. The molecular formula is C26H22ClN5O. The molecule has 5 rings (SSSR count). The highest BCUT2D eigenvalue weighted by Crippen LogP contribution is 2.25. The fourth-order valence-electron chi connectivity index (χ4n) is 3.93. The number of amides is 1. The maximum atomic E-state index is 13.2. The summed E-state index contributed by atoms with van der Waals surface area (Å²) in [6.07, 6.45) is 1.98. The van der Waals surface area contributed by atoms with Crippen LogP contribution in [0.15, 0.2) is 85.1 Å². The zero-order valence-corrected chi connectivity index (χ0v) is 18.8. The Balaban J connectivity index is 1.46. The Morgan fingerprint density at radius 2 is 1.70 bits per heavy atom. The molecule has 0 aliphatic carbocycles. The number of hydrogen-bond acceptors (Lipinski definition) is 3. The number of benzene rings is 3. The maximum Gasteiger partial charge on any atom is 0.275 e. The highest BCUT2D eigenvalue weighted by molar-refractivity contribution is 6.31. The van der Waals surface area contributed by atoms with E-state index in [2.05, 4.69) is 10.2 Å². The predicted octanol–water partition coefficient (Wildman–Crippen LogP) is 5.40. The summed E-state index contributed by atoms with van der Waals surface area (Å²) in [6, 6.07) is 25.4. The molecule has 2 aromatic heterocycles. The summed E-state index contributed by atoms with van der Waals surface area (Å²) in [7, 11) is 1.78. The van der Waals surface area contributed by atoms with Crippen molar-refractivity contribution in [3.8, 4) is 11.3 Å². The lowest BCUT2D eigenvalue weighted by molar-refractivity contribution is 0.0781. The molecule has 0 radical (unpaired) electrons. The highest BCUT2D eigenvalue weighted by atomic mass is 35.5. The van der Waals surface area contributed by atoms with Gasteiger partial charge in [0.2, 0.25) is 0 Å². The number of aromatic amines is 1. The SMILES string of the molecule is CN(Cc1cn(Cc2ccccc2Cl)nc1-c1ccccc1)C(=O)c1n[nH]c2ccccc12. The third-order valence-electron chi connectivity index (χ3n) is 5.60. The average molecular weight is 456 g/mol. The summed E-state index contributed by atoms with van der Waals surface area (Å²) in [4.78, 5) is 14.9. The van der Waals surface area contributed by atoms with Crippen LogP contribution in [0.5, 0.6) is 0 Å². The molecule has 5 aromatic rings. The van der Waals surface area contributed by atoms with Crippen molar-refractivity contribution >= 4 is 28.4 Å². The number of rotatable bonds is 6. The van der Waals surface area contributed by atoms with Crippen molar-refractivity contribution in [1.82, 2.24) is 24.9 Å². The van der Waals surface area contributed by atoms with Gasteiger partial charge in [-0.05, 0) is 17.7 Å². The van der Waals surface area contributed by atoms with E-state index < -0.39 is 0 Å². The van der Waals surface area contributed by atoms with Crippen LogP contribution in [0.2, 0.25) is 5.02 Å². The smallest absolute Gasteiger partial charge is 0.275 e. The fourth-order valence-corrected chi connectivity index (χ4v) is 4.13. The molecule has 1 N–H and O–H groups in total. The Kier molecular flexibility index (Phi) is 5.67. The lowest BCUT2D eigenvalue weighted by Crippen LogP contribution is -2.26. The predicted molar refractivity (Wildman–Crippen MR) is 130 cm³/mol. The van der Waals surface area contributed by atoms with Crippen LogP contribution in [0.25, 0.3) is 22.2 Å². The first-order valence-electron chi connectivity index (χ1n) is 10.6. The minimum absolute atomic E-state index is 0.148. The van der Waals surface area contributed by atoms with E-state index in [1.54, 1.807) is 11.9 Å². The molecular weight excluding hydrogens is 434 g/mol. The van der Waals surface area contributed by atoms with E-state index in [-0.39, 0.29) is 5.91 Å². The van der Waals surface area contributed by atoms with Crippen LogP contribution < -0.4 is 0 Å². The number of carbonyl (C=O) groups is 1. The van der Waals surface area contributed by atoms with E-state index in [1.165, 1.54) is 0 Å². The summed E-state index contributed by atoms with van der Waals surface area (Å²) in [5.41, 5.74) is 5.03. The van der Waals surface area contributed by atoms with Gasteiger partial charge in [0.1, 0.15) is 0 Å². The van der Waals surface area contributed by atoms with Gasteiger partial charge in [-0.1, -0.05) is 78.3 Å². The van der Waals surface area contributed by atoms with Crippen molar-refractivity contribution < 1.29 is 4.79 Å². The quantitative estimate of drug-likeness (QED) is 0.372. The van der Waals surface area contributed by atoms with E-state index in [9.17, 15) is 4.79 Å². The first kappa shape index (κ1) is 21.0. The third-order valence-corrected chi connectivity index (χ3v) is 5.97. The van der Waals surface area contributed by atoms with E-state index in [1.807, 2.05) is 89.7 Å². The molecule has 0 spiro atoms. The van der Waals surface area contributed by atoms with Gasteiger partial charge >= 0.3 is 0 Å². The number of fused-ring (bicyclic) bond motifs is 1. The van der Waals surface area contributed by atoms with Crippen molar-refractivity contribution in [2.24, 2.45) is 0 Å². The zero-order valence-electron chi connectivity index (χ0n) is 18.1. The minimum Gasteiger partial charge on any atom is -0.336 e. The minimum atomic E-state index is -0.148. The van der Waals surface area contributed by atoms with Crippen LogP contribution >= 0.6 is 11.6 Å². The van der Waals surface area contributed by atoms with Gasteiger partial charge in [-0.3, -0.25) is 14.6 Å². The molecule has 0 aliphatic heterocycles. The molecule has 2 heterocycles. The number of carbonyl (C=O) groups excluding carboxylic acids is 1. The van der Waals surface area contributed by atoms with Crippen LogP contribution in [0.4, 0.5) is 0 Å². The molecule has 0 aliphatic rings. The van der Waals surface area contributed by atoms with E-state index >= 15 is 0 Å². The van der Waals surface area contributed by atoms with Crippen molar-refractivity contribution in [2.75, 3.05) is 7.05 Å². The van der Waals surface area contributed by atoms with Gasteiger partial charge < -0.3 is 4.90 Å². The van der Waals surface area contributed by atoms with Gasteiger partial charge in [-0.2, -0.15) is 10.2 Å². The second kappa shape index (κ2) is 8.92. The maximum absolute atomic E-state index is 13.2.